The highest BCUT2D eigenvalue weighted by Crippen LogP contribution is 2.39. The molecule has 2 rings (SSSR count). The third-order valence-electron chi connectivity index (χ3n) is 2.00. The zero-order valence-corrected chi connectivity index (χ0v) is 8.26. The Bertz CT molecular complexity index is 493. The number of carbonyl (C=O) groups is 1. The number of rotatable bonds is 0. The Morgan fingerprint density at radius 2 is 2.40 bits per heavy atom. The van der Waals surface area contributed by atoms with Crippen molar-refractivity contribution in [2.75, 3.05) is 17.7 Å². The molecular weight excluding hydrogens is 218 g/mol. The molecular formula is C9H6ClN3O2. The lowest BCUT2D eigenvalue weighted by molar-refractivity contribution is -0.118. The predicted octanol–water partition coefficient (Wildman–Crippen LogP) is 1.12. The maximum absolute atomic E-state index is 11.0. The molecule has 1 heterocycles. The van der Waals surface area contributed by atoms with E-state index in [1.165, 1.54) is 6.07 Å². The van der Waals surface area contributed by atoms with Gasteiger partial charge in [-0.2, -0.15) is 5.26 Å². The van der Waals surface area contributed by atoms with E-state index < -0.39 is 0 Å². The van der Waals surface area contributed by atoms with Crippen LogP contribution in [0.5, 0.6) is 5.75 Å². The van der Waals surface area contributed by atoms with Crippen molar-refractivity contribution in [3.05, 3.63) is 16.7 Å². The second-order valence-electron chi connectivity index (χ2n) is 2.97. The molecule has 1 aliphatic heterocycles. The summed E-state index contributed by atoms with van der Waals surface area (Å²) in [5.74, 6) is 0.0261. The van der Waals surface area contributed by atoms with Crippen LogP contribution in [-0.4, -0.2) is 12.5 Å². The van der Waals surface area contributed by atoms with Gasteiger partial charge in [-0.3, -0.25) is 4.79 Å². The number of halogens is 1. The average molecular weight is 224 g/mol. The lowest BCUT2D eigenvalue weighted by atomic mass is 10.1. The number of nitriles is 1. The van der Waals surface area contributed by atoms with Crippen LogP contribution in [0.2, 0.25) is 5.02 Å². The number of nitrogen functional groups attached to an aromatic ring is 1. The molecule has 0 bridgehead atoms. The van der Waals surface area contributed by atoms with E-state index in [9.17, 15) is 4.79 Å². The second kappa shape index (κ2) is 3.33. The minimum atomic E-state index is -0.275. The Hall–Kier alpha value is -1.93. The molecule has 0 saturated heterocycles. The van der Waals surface area contributed by atoms with Gasteiger partial charge in [0.05, 0.1) is 22.0 Å². The Balaban J connectivity index is 2.64. The molecule has 15 heavy (non-hydrogen) atoms. The highest BCUT2D eigenvalue weighted by molar-refractivity contribution is 6.32. The quantitative estimate of drug-likeness (QED) is 0.645. The number of benzene rings is 1. The summed E-state index contributed by atoms with van der Waals surface area (Å²) in [7, 11) is 0. The summed E-state index contributed by atoms with van der Waals surface area (Å²) in [4.78, 5) is 11.0. The Morgan fingerprint density at radius 3 is 3.07 bits per heavy atom. The van der Waals surface area contributed by atoms with Crippen molar-refractivity contribution in [3.8, 4) is 11.8 Å². The summed E-state index contributed by atoms with van der Waals surface area (Å²) >= 11 is 5.80. The number of fused-ring (bicyclic) bond motifs is 1. The molecule has 0 aromatic heterocycles. The number of carbonyl (C=O) groups excluding carboxylic acids is 1. The molecule has 1 aromatic rings. The van der Waals surface area contributed by atoms with Crippen molar-refractivity contribution < 1.29 is 9.53 Å². The number of ether oxygens (including phenoxy) is 1. The van der Waals surface area contributed by atoms with Gasteiger partial charge in [0.25, 0.3) is 5.91 Å². The van der Waals surface area contributed by atoms with Crippen LogP contribution >= 0.6 is 11.6 Å². The summed E-state index contributed by atoms with van der Waals surface area (Å²) in [5, 5.41) is 11.5. The van der Waals surface area contributed by atoms with E-state index in [2.05, 4.69) is 5.32 Å². The molecule has 0 radical (unpaired) electrons. The Labute approximate surface area is 90.4 Å². The maximum atomic E-state index is 11.0. The van der Waals surface area contributed by atoms with Crippen LogP contribution in [0.25, 0.3) is 0 Å². The zero-order chi connectivity index (χ0) is 11.0. The van der Waals surface area contributed by atoms with Gasteiger partial charge in [-0.15, -0.1) is 0 Å². The third kappa shape index (κ3) is 1.45. The molecule has 0 aliphatic carbocycles. The molecule has 0 saturated carbocycles. The predicted molar refractivity (Wildman–Crippen MR) is 54.7 cm³/mol. The van der Waals surface area contributed by atoms with Crippen LogP contribution in [-0.2, 0) is 4.79 Å². The van der Waals surface area contributed by atoms with E-state index in [1.54, 1.807) is 0 Å². The van der Waals surface area contributed by atoms with Gasteiger partial charge in [0.15, 0.2) is 12.4 Å². The van der Waals surface area contributed by atoms with Crippen molar-refractivity contribution in [2.45, 2.75) is 0 Å². The van der Waals surface area contributed by atoms with Crippen LogP contribution in [0, 0.1) is 11.3 Å². The van der Waals surface area contributed by atoms with Gasteiger partial charge in [0, 0.05) is 0 Å². The van der Waals surface area contributed by atoms with Gasteiger partial charge in [-0.05, 0) is 6.07 Å². The lowest BCUT2D eigenvalue weighted by Crippen LogP contribution is -2.26. The highest BCUT2D eigenvalue weighted by Gasteiger charge is 2.22. The van der Waals surface area contributed by atoms with Gasteiger partial charge in [-0.25, -0.2) is 0 Å². The van der Waals surface area contributed by atoms with Gasteiger partial charge in [-0.1, -0.05) is 11.6 Å². The SMILES string of the molecule is N#Cc1c(Cl)cc2c(c1N)OCC(=O)N2. The van der Waals surface area contributed by atoms with E-state index in [-0.39, 0.29) is 28.8 Å². The van der Waals surface area contributed by atoms with E-state index in [0.717, 1.165) is 0 Å². The van der Waals surface area contributed by atoms with Gasteiger partial charge in [0.1, 0.15) is 6.07 Å². The largest absolute Gasteiger partial charge is 0.479 e. The molecule has 5 nitrogen and oxygen atoms in total. The normalized spacial score (nSPS) is 13.5. The molecule has 1 aliphatic rings. The number of amides is 1. The molecule has 0 fully saturated rings. The van der Waals surface area contributed by atoms with Crippen molar-refractivity contribution in [1.82, 2.24) is 0 Å². The number of hydrogen-bond donors (Lipinski definition) is 2. The number of nitrogens with one attached hydrogen (secondary N) is 1. The first-order valence-corrected chi connectivity index (χ1v) is 4.46. The van der Waals surface area contributed by atoms with E-state index in [4.69, 9.17) is 27.3 Å². The topological polar surface area (TPSA) is 88.1 Å². The van der Waals surface area contributed by atoms with Gasteiger partial charge < -0.3 is 15.8 Å². The smallest absolute Gasteiger partial charge is 0.262 e. The standard InChI is InChI=1S/C9H6ClN3O2/c10-5-1-6-9(8(12)4(5)2-11)15-3-7(14)13-6/h1H,3,12H2,(H,13,14). The van der Waals surface area contributed by atoms with Gasteiger partial charge in [0.2, 0.25) is 0 Å². The summed E-state index contributed by atoms with van der Waals surface area (Å²) < 4.78 is 5.12. The second-order valence-corrected chi connectivity index (χ2v) is 3.38. The minimum Gasteiger partial charge on any atom is -0.479 e. The first kappa shape index (κ1) is 9.62. The van der Waals surface area contributed by atoms with Crippen molar-refractivity contribution in [3.63, 3.8) is 0 Å². The summed E-state index contributed by atoms with van der Waals surface area (Å²) in [6, 6.07) is 3.32. The van der Waals surface area contributed by atoms with Crippen molar-refractivity contribution in [1.29, 1.82) is 5.26 Å². The average Bonchev–Trinajstić information content (AvgIpc) is 2.17. The molecule has 1 amide bonds. The molecule has 0 unspecified atom stereocenters. The first-order chi connectivity index (χ1) is 7.13. The zero-order valence-electron chi connectivity index (χ0n) is 7.50. The molecule has 1 aromatic carbocycles. The first-order valence-electron chi connectivity index (χ1n) is 4.08. The third-order valence-corrected chi connectivity index (χ3v) is 2.30. The Kier molecular flexibility index (Phi) is 2.14. The summed E-state index contributed by atoms with van der Waals surface area (Å²) in [6.45, 7) is -0.107. The molecule has 76 valence electrons. The fourth-order valence-electron chi connectivity index (χ4n) is 1.34. The van der Waals surface area contributed by atoms with E-state index in [1.807, 2.05) is 6.07 Å². The van der Waals surface area contributed by atoms with E-state index in [0.29, 0.717) is 11.4 Å². The number of nitrogens with zero attached hydrogens (tertiary/aromatic N) is 1. The van der Waals surface area contributed by atoms with Crippen LogP contribution < -0.4 is 15.8 Å². The maximum Gasteiger partial charge on any atom is 0.262 e. The highest BCUT2D eigenvalue weighted by atomic mass is 35.5. The monoisotopic (exact) mass is 223 g/mol. The number of anilines is 2. The number of hydrogen-bond acceptors (Lipinski definition) is 4. The van der Waals surface area contributed by atoms with Crippen molar-refractivity contribution >= 4 is 28.9 Å². The summed E-state index contributed by atoms with van der Waals surface area (Å²) in [6.07, 6.45) is 0. The summed E-state index contributed by atoms with van der Waals surface area (Å²) in [5.41, 5.74) is 6.39. The van der Waals surface area contributed by atoms with Crippen LogP contribution in [0.3, 0.4) is 0 Å². The molecule has 6 heteroatoms. The Morgan fingerprint density at radius 1 is 1.67 bits per heavy atom. The van der Waals surface area contributed by atoms with Crippen LogP contribution in [0.15, 0.2) is 6.07 Å². The molecule has 0 spiro atoms. The van der Waals surface area contributed by atoms with Crippen LogP contribution in [0.1, 0.15) is 5.56 Å². The fourth-order valence-corrected chi connectivity index (χ4v) is 1.59. The number of nitrogens with two attached hydrogens (primary N) is 1. The molecule has 3 N–H and O–H groups in total. The van der Waals surface area contributed by atoms with E-state index >= 15 is 0 Å². The van der Waals surface area contributed by atoms with Crippen molar-refractivity contribution in [2.24, 2.45) is 0 Å². The minimum absolute atomic E-state index is 0.107. The fraction of sp³-hybridized carbons (Fsp3) is 0.111. The van der Waals surface area contributed by atoms with Gasteiger partial charge >= 0.3 is 0 Å². The molecule has 0 atom stereocenters. The van der Waals surface area contributed by atoms with Crippen LogP contribution in [0.4, 0.5) is 11.4 Å². The lowest BCUT2D eigenvalue weighted by Gasteiger charge is -2.20.